The maximum absolute atomic E-state index is 11.4. The summed E-state index contributed by atoms with van der Waals surface area (Å²) in [5.41, 5.74) is 1.41. The summed E-state index contributed by atoms with van der Waals surface area (Å²) in [6.45, 7) is 1.87. The fourth-order valence-corrected chi connectivity index (χ4v) is 1.49. The Hall–Kier alpha value is -1.77. The Morgan fingerprint density at radius 3 is 2.79 bits per heavy atom. The first-order valence-corrected chi connectivity index (χ1v) is 4.29. The molecule has 1 aromatic carbocycles. The van der Waals surface area contributed by atoms with E-state index in [4.69, 9.17) is 9.15 Å². The van der Waals surface area contributed by atoms with Crippen molar-refractivity contribution in [3.63, 3.8) is 0 Å². The van der Waals surface area contributed by atoms with Gasteiger partial charge in [-0.05, 0) is 19.1 Å². The Balaban J connectivity index is 2.91. The molecule has 0 N–H and O–H groups in total. The van der Waals surface area contributed by atoms with Gasteiger partial charge >= 0.3 is 0 Å². The molecule has 0 aliphatic heterocycles. The molecule has 0 saturated carbocycles. The van der Waals surface area contributed by atoms with E-state index in [2.05, 4.69) is 0 Å². The molecule has 1 aromatic heterocycles. The van der Waals surface area contributed by atoms with E-state index in [1.165, 1.54) is 12.3 Å². The van der Waals surface area contributed by atoms with Crippen molar-refractivity contribution in [1.29, 1.82) is 0 Å². The summed E-state index contributed by atoms with van der Waals surface area (Å²) in [5, 5.41) is 0.589. The third kappa shape index (κ3) is 1.18. The summed E-state index contributed by atoms with van der Waals surface area (Å²) in [7, 11) is 1.59. The van der Waals surface area contributed by atoms with Gasteiger partial charge in [0.05, 0.1) is 18.8 Å². The molecule has 0 amide bonds. The molecule has 2 aromatic rings. The van der Waals surface area contributed by atoms with Crippen LogP contribution in [0.25, 0.3) is 11.0 Å². The molecule has 0 radical (unpaired) electrons. The Kier molecular flexibility index (Phi) is 2.00. The van der Waals surface area contributed by atoms with E-state index in [9.17, 15) is 4.79 Å². The van der Waals surface area contributed by atoms with E-state index in [0.717, 1.165) is 11.3 Å². The zero-order chi connectivity index (χ0) is 10.1. The molecule has 0 saturated heterocycles. The van der Waals surface area contributed by atoms with E-state index in [1.807, 2.05) is 6.92 Å². The highest BCUT2D eigenvalue weighted by Crippen LogP contribution is 2.24. The van der Waals surface area contributed by atoms with Crippen LogP contribution in [0.3, 0.4) is 0 Å². The molecule has 0 atom stereocenters. The number of ether oxygens (including phenoxy) is 1. The van der Waals surface area contributed by atoms with Crippen LogP contribution in [-0.2, 0) is 0 Å². The maximum atomic E-state index is 11.4. The predicted molar refractivity (Wildman–Crippen MR) is 53.8 cm³/mol. The van der Waals surface area contributed by atoms with Gasteiger partial charge in [0, 0.05) is 11.6 Å². The van der Waals surface area contributed by atoms with Crippen LogP contribution < -0.4 is 10.2 Å². The quantitative estimate of drug-likeness (QED) is 0.691. The first kappa shape index (κ1) is 8.81. The van der Waals surface area contributed by atoms with Crippen LogP contribution in [0.5, 0.6) is 5.75 Å². The number of aryl methyl sites for hydroxylation is 1. The summed E-state index contributed by atoms with van der Waals surface area (Å²) < 4.78 is 10.4. The highest BCUT2D eigenvalue weighted by atomic mass is 16.5. The van der Waals surface area contributed by atoms with Gasteiger partial charge in [-0.25, -0.2) is 0 Å². The average Bonchev–Trinajstić information content (AvgIpc) is 2.20. The molecule has 1 heterocycles. The van der Waals surface area contributed by atoms with Crippen molar-refractivity contribution in [1.82, 2.24) is 0 Å². The molecule has 0 spiro atoms. The fraction of sp³-hybridized carbons (Fsp3) is 0.182. The van der Waals surface area contributed by atoms with Crippen LogP contribution in [0.2, 0.25) is 0 Å². The average molecular weight is 190 g/mol. The topological polar surface area (TPSA) is 39.4 Å². The molecule has 3 heteroatoms. The lowest BCUT2D eigenvalue weighted by Gasteiger charge is -2.05. The minimum Gasteiger partial charge on any atom is -0.496 e. The summed E-state index contributed by atoms with van der Waals surface area (Å²) >= 11 is 0. The lowest BCUT2D eigenvalue weighted by molar-refractivity contribution is 0.411. The lowest BCUT2D eigenvalue weighted by Crippen LogP contribution is -1.99. The van der Waals surface area contributed by atoms with Crippen molar-refractivity contribution in [3.05, 3.63) is 40.2 Å². The molecule has 72 valence electrons. The van der Waals surface area contributed by atoms with Crippen molar-refractivity contribution in [2.24, 2.45) is 0 Å². The van der Waals surface area contributed by atoms with Crippen LogP contribution in [0, 0.1) is 6.92 Å². The molecule has 0 aliphatic rings. The maximum Gasteiger partial charge on any atom is 0.192 e. The lowest BCUT2D eigenvalue weighted by atomic mass is 10.1. The Bertz CT molecular complexity index is 526. The van der Waals surface area contributed by atoms with Gasteiger partial charge in [0.25, 0.3) is 0 Å². The predicted octanol–water partition coefficient (Wildman–Crippen LogP) is 2.11. The number of benzene rings is 1. The van der Waals surface area contributed by atoms with Gasteiger partial charge in [0.1, 0.15) is 11.3 Å². The van der Waals surface area contributed by atoms with Crippen LogP contribution in [0.4, 0.5) is 0 Å². The van der Waals surface area contributed by atoms with Gasteiger partial charge in [-0.1, -0.05) is 0 Å². The molecule has 0 fully saturated rings. The van der Waals surface area contributed by atoms with Gasteiger partial charge in [0.2, 0.25) is 0 Å². The van der Waals surface area contributed by atoms with Crippen molar-refractivity contribution in [2.75, 3.05) is 7.11 Å². The van der Waals surface area contributed by atoms with Crippen molar-refractivity contribution in [2.45, 2.75) is 6.92 Å². The van der Waals surface area contributed by atoms with E-state index in [-0.39, 0.29) is 5.43 Å². The summed E-state index contributed by atoms with van der Waals surface area (Å²) in [5.74, 6) is 0.729. The Labute approximate surface area is 80.9 Å². The van der Waals surface area contributed by atoms with E-state index < -0.39 is 0 Å². The largest absolute Gasteiger partial charge is 0.496 e. The van der Waals surface area contributed by atoms with Gasteiger partial charge in [-0.2, -0.15) is 0 Å². The third-order valence-corrected chi connectivity index (χ3v) is 2.25. The van der Waals surface area contributed by atoms with Crippen LogP contribution in [0.15, 0.2) is 33.7 Å². The molecule has 14 heavy (non-hydrogen) atoms. The Morgan fingerprint density at radius 1 is 1.29 bits per heavy atom. The van der Waals surface area contributed by atoms with Crippen LogP contribution >= 0.6 is 0 Å². The molecule has 0 aliphatic carbocycles. The van der Waals surface area contributed by atoms with Gasteiger partial charge < -0.3 is 9.15 Å². The second-order valence-electron chi connectivity index (χ2n) is 3.05. The molecule has 3 nitrogen and oxygen atoms in total. The normalized spacial score (nSPS) is 10.4. The fourth-order valence-electron chi connectivity index (χ4n) is 1.49. The van der Waals surface area contributed by atoms with Crippen LogP contribution in [-0.4, -0.2) is 7.11 Å². The second kappa shape index (κ2) is 3.18. The monoisotopic (exact) mass is 190 g/mol. The van der Waals surface area contributed by atoms with Gasteiger partial charge in [-0.3, -0.25) is 4.79 Å². The number of hydrogen-bond donors (Lipinski definition) is 0. The Morgan fingerprint density at radius 2 is 2.07 bits per heavy atom. The van der Waals surface area contributed by atoms with Gasteiger partial charge in [-0.15, -0.1) is 0 Å². The summed E-state index contributed by atoms with van der Waals surface area (Å²) in [6.07, 6.45) is 1.40. The SMILES string of the molecule is COc1ccc2c(=O)ccoc2c1C. The van der Waals surface area contributed by atoms with Crippen molar-refractivity contribution in [3.8, 4) is 5.75 Å². The minimum absolute atomic E-state index is 0.0306. The second-order valence-corrected chi connectivity index (χ2v) is 3.05. The first-order valence-electron chi connectivity index (χ1n) is 4.29. The first-order chi connectivity index (χ1) is 6.74. The van der Waals surface area contributed by atoms with Crippen molar-refractivity contribution < 1.29 is 9.15 Å². The third-order valence-electron chi connectivity index (χ3n) is 2.25. The van der Waals surface area contributed by atoms with E-state index in [0.29, 0.717) is 11.0 Å². The smallest absolute Gasteiger partial charge is 0.192 e. The highest BCUT2D eigenvalue weighted by molar-refractivity contribution is 5.81. The summed E-state index contributed by atoms with van der Waals surface area (Å²) in [6, 6.07) is 4.90. The number of methoxy groups -OCH3 is 1. The number of rotatable bonds is 1. The standard InChI is InChI=1S/C11H10O3/c1-7-10(13-2)4-3-8-9(12)5-6-14-11(7)8/h3-6H,1-2H3. The van der Waals surface area contributed by atoms with Crippen LogP contribution in [0.1, 0.15) is 5.56 Å². The number of hydrogen-bond acceptors (Lipinski definition) is 3. The number of fused-ring (bicyclic) bond motifs is 1. The molecular weight excluding hydrogens is 180 g/mol. The van der Waals surface area contributed by atoms with Gasteiger partial charge in [0.15, 0.2) is 5.43 Å². The molecule has 2 rings (SSSR count). The van der Waals surface area contributed by atoms with Crippen molar-refractivity contribution >= 4 is 11.0 Å². The van der Waals surface area contributed by atoms with E-state index >= 15 is 0 Å². The zero-order valence-corrected chi connectivity index (χ0v) is 8.03. The van der Waals surface area contributed by atoms with E-state index in [1.54, 1.807) is 19.2 Å². The minimum atomic E-state index is -0.0306. The molecule has 0 unspecified atom stereocenters. The summed E-state index contributed by atoms with van der Waals surface area (Å²) in [4.78, 5) is 11.4. The highest BCUT2D eigenvalue weighted by Gasteiger charge is 2.07. The molecule has 0 bridgehead atoms. The zero-order valence-electron chi connectivity index (χ0n) is 8.03. The molecular formula is C11H10O3.